The van der Waals surface area contributed by atoms with E-state index in [0.717, 1.165) is 5.75 Å². The first kappa shape index (κ1) is 15.0. The average molecular weight is 259 g/mol. The summed E-state index contributed by atoms with van der Waals surface area (Å²) < 4.78 is 5.55. The van der Waals surface area contributed by atoms with E-state index in [-0.39, 0.29) is 12.0 Å². The number of hydrogen-bond acceptors (Lipinski definition) is 2. The van der Waals surface area contributed by atoms with Gasteiger partial charge in [0.2, 0.25) is 0 Å². The first-order valence-corrected chi connectivity index (χ1v) is 6.36. The third-order valence-corrected chi connectivity index (χ3v) is 2.46. The lowest BCUT2D eigenvalue weighted by atomic mass is 10.2. The minimum absolute atomic E-state index is 0.0316. The molecule has 0 aromatic heterocycles. The molecule has 0 atom stereocenters. The van der Waals surface area contributed by atoms with Crippen molar-refractivity contribution in [2.45, 2.75) is 20.0 Å². The normalized spacial score (nSPS) is 10.1. The molecule has 0 saturated carbocycles. The van der Waals surface area contributed by atoms with E-state index in [9.17, 15) is 4.79 Å². The highest BCUT2D eigenvalue weighted by Crippen LogP contribution is 2.15. The van der Waals surface area contributed by atoms with Gasteiger partial charge in [-0.1, -0.05) is 12.2 Å². The maximum absolute atomic E-state index is 12.2. The van der Waals surface area contributed by atoms with E-state index in [1.54, 1.807) is 29.2 Å². The Kier molecular flexibility index (Phi) is 5.86. The predicted octanol–water partition coefficient (Wildman–Crippen LogP) is 3.29. The molecule has 0 N–H and O–H groups in total. The fraction of sp³-hybridized carbons (Fsp3) is 0.312. The first-order chi connectivity index (χ1) is 9.08. The number of nitrogens with zero attached hydrogens (tertiary/aromatic N) is 1. The fourth-order valence-corrected chi connectivity index (χ4v) is 1.68. The molecule has 0 aliphatic heterocycles. The van der Waals surface area contributed by atoms with Crippen LogP contribution >= 0.6 is 0 Å². The molecular formula is C16H21NO2. The third kappa shape index (κ3) is 4.62. The molecule has 0 aliphatic rings. The van der Waals surface area contributed by atoms with Crippen LogP contribution in [-0.2, 0) is 0 Å². The highest BCUT2D eigenvalue weighted by molar-refractivity contribution is 5.94. The molecule has 19 heavy (non-hydrogen) atoms. The monoisotopic (exact) mass is 259 g/mol. The largest absolute Gasteiger partial charge is 0.491 e. The van der Waals surface area contributed by atoms with Crippen molar-refractivity contribution < 1.29 is 9.53 Å². The Morgan fingerprint density at radius 3 is 2.16 bits per heavy atom. The van der Waals surface area contributed by atoms with Crippen LogP contribution in [-0.4, -0.2) is 30.0 Å². The van der Waals surface area contributed by atoms with Gasteiger partial charge in [0, 0.05) is 18.7 Å². The van der Waals surface area contributed by atoms with Crippen molar-refractivity contribution in [3.8, 4) is 5.75 Å². The maximum Gasteiger partial charge on any atom is 0.254 e. The van der Waals surface area contributed by atoms with Gasteiger partial charge in [-0.3, -0.25) is 4.79 Å². The Bertz CT molecular complexity index is 425. The standard InChI is InChI=1S/C16H21NO2/c1-5-11-17(12-6-2)16(18)14-7-9-15(10-8-14)19-13(3)4/h5-10,13H,1-2,11-12H2,3-4H3. The molecule has 0 fully saturated rings. The Labute approximate surface area is 115 Å². The fourth-order valence-electron chi connectivity index (χ4n) is 1.68. The summed E-state index contributed by atoms with van der Waals surface area (Å²) in [5, 5.41) is 0. The summed E-state index contributed by atoms with van der Waals surface area (Å²) in [4.78, 5) is 13.9. The van der Waals surface area contributed by atoms with E-state index in [0.29, 0.717) is 18.7 Å². The lowest BCUT2D eigenvalue weighted by molar-refractivity contribution is 0.0791. The molecule has 0 unspecified atom stereocenters. The summed E-state index contributed by atoms with van der Waals surface area (Å²) in [5.74, 6) is 0.737. The van der Waals surface area contributed by atoms with Crippen molar-refractivity contribution in [1.82, 2.24) is 4.90 Å². The van der Waals surface area contributed by atoms with E-state index in [2.05, 4.69) is 13.2 Å². The van der Waals surface area contributed by atoms with Gasteiger partial charge in [0.15, 0.2) is 0 Å². The summed E-state index contributed by atoms with van der Waals surface area (Å²) in [6.07, 6.45) is 3.54. The van der Waals surface area contributed by atoms with Crippen molar-refractivity contribution in [1.29, 1.82) is 0 Å². The van der Waals surface area contributed by atoms with Crippen LogP contribution in [0, 0.1) is 0 Å². The van der Waals surface area contributed by atoms with Gasteiger partial charge in [-0.2, -0.15) is 0 Å². The van der Waals surface area contributed by atoms with Crippen LogP contribution in [0.1, 0.15) is 24.2 Å². The lowest BCUT2D eigenvalue weighted by Gasteiger charge is -2.19. The summed E-state index contributed by atoms with van der Waals surface area (Å²) in [5.41, 5.74) is 0.639. The smallest absolute Gasteiger partial charge is 0.254 e. The molecule has 0 heterocycles. The second-order valence-corrected chi connectivity index (χ2v) is 4.48. The molecule has 1 amide bonds. The summed E-state index contributed by atoms with van der Waals surface area (Å²) >= 11 is 0. The van der Waals surface area contributed by atoms with E-state index in [1.165, 1.54) is 0 Å². The Balaban J connectivity index is 2.80. The van der Waals surface area contributed by atoms with Crippen LogP contribution in [0.2, 0.25) is 0 Å². The van der Waals surface area contributed by atoms with E-state index >= 15 is 0 Å². The second-order valence-electron chi connectivity index (χ2n) is 4.48. The molecule has 1 aromatic rings. The van der Waals surface area contributed by atoms with Gasteiger partial charge in [-0.15, -0.1) is 13.2 Å². The summed E-state index contributed by atoms with van der Waals surface area (Å²) in [6.45, 7) is 12.3. The van der Waals surface area contributed by atoms with E-state index in [1.807, 2.05) is 26.0 Å². The van der Waals surface area contributed by atoms with Gasteiger partial charge >= 0.3 is 0 Å². The van der Waals surface area contributed by atoms with Crippen LogP contribution in [0.3, 0.4) is 0 Å². The van der Waals surface area contributed by atoms with Crippen molar-refractivity contribution in [3.05, 3.63) is 55.1 Å². The quantitative estimate of drug-likeness (QED) is 0.703. The number of hydrogen-bond donors (Lipinski definition) is 0. The number of carbonyl (C=O) groups excluding carboxylic acids is 1. The van der Waals surface area contributed by atoms with Crippen LogP contribution in [0.4, 0.5) is 0 Å². The van der Waals surface area contributed by atoms with E-state index in [4.69, 9.17) is 4.74 Å². The summed E-state index contributed by atoms with van der Waals surface area (Å²) in [7, 11) is 0. The van der Waals surface area contributed by atoms with Crippen molar-refractivity contribution in [2.75, 3.05) is 13.1 Å². The molecule has 0 saturated heterocycles. The van der Waals surface area contributed by atoms with Crippen LogP contribution in [0.15, 0.2) is 49.6 Å². The molecule has 102 valence electrons. The van der Waals surface area contributed by atoms with Crippen LogP contribution in [0.5, 0.6) is 5.75 Å². The first-order valence-electron chi connectivity index (χ1n) is 6.36. The molecule has 1 aromatic carbocycles. The number of ether oxygens (including phenoxy) is 1. The van der Waals surface area contributed by atoms with Crippen LogP contribution < -0.4 is 4.74 Å². The Hall–Kier alpha value is -2.03. The average Bonchev–Trinajstić information content (AvgIpc) is 2.38. The molecule has 0 bridgehead atoms. The minimum Gasteiger partial charge on any atom is -0.491 e. The van der Waals surface area contributed by atoms with Gasteiger partial charge in [-0.25, -0.2) is 0 Å². The minimum atomic E-state index is -0.0316. The lowest BCUT2D eigenvalue weighted by Crippen LogP contribution is -2.31. The zero-order chi connectivity index (χ0) is 14.3. The summed E-state index contributed by atoms with van der Waals surface area (Å²) in [6, 6.07) is 7.18. The highest BCUT2D eigenvalue weighted by Gasteiger charge is 2.13. The van der Waals surface area contributed by atoms with Crippen molar-refractivity contribution >= 4 is 5.91 Å². The Morgan fingerprint density at radius 1 is 1.21 bits per heavy atom. The molecule has 3 heteroatoms. The molecule has 0 radical (unpaired) electrons. The number of carbonyl (C=O) groups is 1. The topological polar surface area (TPSA) is 29.5 Å². The third-order valence-electron chi connectivity index (χ3n) is 2.46. The second kappa shape index (κ2) is 7.41. The molecule has 3 nitrogen and oxygen atoms in total. The van der Waals surface area contributed by atoms with Crippen molar-refractivity contribution in [2.24, 2.45) is 0 Å². The Morgan fingerprint density at radius 2 is 1.74 bits per heavy atom. The molecule has 0 spiro atoms. The van der Waals surface area contributed by atoms with Gasteiger partial charge in [0.05, 0.1) is 6.10 Å². The van der Waals surface area contributed by atoms with E-state index < -0.39 is 0 Å². The molecule has 1 rings (SSSR count). The van der Waals surface area contributed by atoms with Gasteiger partial charge in [-0.05, 0) is 38.1 Å². The number of amides is 1. The zero-order valence-electron chi connectivity index (χ0n) is 11.6. The maximum atomic E-state index is 12.2. The van der Waals surface area contributed by atoms with Crippen LogP contribution in [0.25, 0.3) is 0 Å². The van der Waals surface area contributed by atoms with Crippen molar-refractivity contribution in [3.63, 3.8) is 0 Å². The predicted molar refractivity (Wildman–Crippen MR) is 78.5 cm³/mol. The zero-order valence-corrected chi connectivity index (χ0v) is 11.6. The molecule has 0 aliphatic carbocycles. The number of benzene rings is 1. The van der Waals surface area contributed by atoms with Gasteiger partial charge in [0.1, 0.15) is 5.75 Å². The number of rotatable bonds is 7. The van der Waals surface area contributed by atoms with Gasteiger partial charge < -0.3 is 9.64 Å². The van der Waals surface area contributed by atoms with Gasteiger partial charge in [0.25, 0.3) is 5.91 Å². The SMILES string of the molecule is C=CCN(CC=C)C(=O)c1ccc(OC(C)C)cc1. The molecular weight excluding hydrogens is 238 g/mol. The highest BCUT2D eigenvalue weighted by atomic mass is 16.5.